The van der Waals surface area contributed by atoms with E-state index >= 15 is 0 Å². The molecule has 2 aliphatic heterocycles. The van der Waals surface area contributed by atoms with E-state index in [9.17, 15) is 14.4 Å². The summed E-state index contributed by atoms with van der Waals surface area (Å²) in [4.78, 5) is 43.6. The van der Waals surface area contributed by atoms with E-state index < -0.39 is 0 Å². The molecule has 1 aromatic rings. The molecule has 4 aliphatic rings. The Morgan fingerprint density at radius 2 is 1.53 bits per heavy atom. The van der Waals surface area contributed by atoms with Crippen LogP contribution in [0.2, 0.25) is 0 Å². The molecule has 3 amide bonds. The van der Waals surface area contributed by atoms with Crippen molar-refractivity contribution in [2.24, 2.45) is 23.7 Å². The van der Waals surface area contributed by atoms with Crippen LogP contribution in [0.5, 0.6) is 0 Å². The molecule has 0 aromatic heterocycles. The molecule has 5 rings (SSSR count). The number of fused-ring (bicyclic) bond motifs is 5. The number of likely N-dealkylation sites (tertiary alicyclic amines) is 1. The zero-order chi connectivity index (χ0) is 20.7. The van der Waals surface area contributed by atoms with Crippen LogP contribution in [-0.2, 0) is 14.4 Å². The lowest BCUT2D eigenvalue weighted by Crippen LogP contribution is -2.50. The van der Waals surface area contributed by atoms with Gasteiger partial charge in [-0.15, -0.1) is 0 Å². The minimum atomic E-state index is -0.113. The van der Waals surface area contributed by atoms with Crippen LogP contribution >= 0.6 is 0 Å². The van der Waals surface area contributed by atoms with Crippen molar-refractivity contribution < 1.29 is 14.4 Å². The molecule has 2 heterocycles. The predicted octanol–water partition coefficient (Wildman–Crippen LogP) is 1.65. The first-order valence-corrected chi connectivity index (χ1v) is 10.9. The van der Waals surface area contributed by atoms with Gasteiger partial charge in [-0.25, -0.2) is 0 Å². The number of hydrogen-bond acceptors (Lipinski definition) is 4. The molecule has 0 spiro atoms. The molecule has 156 valence electrons. The summed E-state index contributed by atoms with van der Waals surface area (Å²) in [6.45, 7) is 4.01. The molecule has 1 saturated carbocycles. The number of rotatable bonds is 5. The van der Waals surface area contributed by atoms with Crippen molar-refractivity contribution in [2.75, 3.05) is 39.3 Å². The van der Waals surface area contributed by atoms with Gasteiger partial charge in [-0.1, -0.05) is 42.5 Å². The molecular weight excluding hydrogens is 378 g/mol. The van der Waals surface area contributed by atoms with Gasteiger partial charge in [0, 0.05) is 45.3 Å². The van der Waals surface area contributed by atoms with Crippen LogP contribution in [0.1, 0.15) is 12.0 Å². The van der Waals surface area contributed by atoms with Gasteiger partial charge in [0.1, 0.15) is 0 Å². The monoisotopic (exact) mass is 405 g/mol. The number of piperazine rings is 1. The largest absolute Gasteiger partial charge is 0.337 e. The van der Waals surface area contributed by atoms with Gasteiger partial charge in [0.25, 0.3) is 0 Å². The second-order valence-electron chi connectivity index (χ2n) is 8.74. The zero-order valence-corrected chi connectivity index (χ0v) is 17.0. The Morgan fingerprint density at radius 3 is 2.17 bits per heavy atom. The van der Waals surface area contributed by atoms with E-state index in [2.05, 4.69) is 17.1 Å². The van der Waals surface area contributed by atoms with Crippen molar-refractivity contribution in [1.29, 1.82) is 0 Å². The number of hydrogen-bond donors (Lipinski definition) is 0. The maximum absolute atomic E-state index is 12.8. The summed E-state index contributed by atoms with van der Waals surface area (Å²) in [6.07, 6.45) is 8.70. The lowest BCUT2D eigenvalue weighted by Gasteiger charge is -2.34. The lowest BCUT2D eigenvalue weighted by molar-refractivity contribution is -0.141. The van der Waals surface area contributed by atoms with E-state index in [4.69, 9.17) is 0 Å². The fourth-order valence-corrected chi connectivity index (χ4v) is 5.45. The van der Waals surface area contributed by atoms with Crippen LogP contribution in [0.15, 0.2) is 48.6 Å². The molecule has 6 nitrogen and oxygen atoms in total. The Labute approximate surface area is 176 Å². The molecule has 0 N–H and O–H groups in total. The summed E-state index contributed by atoms with van der Waals surface area (Å²) in [5, 5.41) is 0. The van der Waals surface area contributed by atoms with Crippen LogP contribution in [0.4, 0.5) is 0 Å². The number of amides is 3. The van der Waals surface area contributed by atoms with Crippen molar-refractivity contribution in [3.05, 3.63) is 54.1 Å². The fourth-order valence-electron chi connectivity index (χ4n) is 5.45. The smallest absolute Gasteiger partial charge is 0.246 e. The summed E-state index contributed by atoms with van der Waals surface area (Å²) in [6, 6.07) is 9.80. The summed E-state index contributed by atoms with van der Waals surface area (Å²) >= 11 is 0. The second kappa shape index (κ2) is 7.84. The summed E-state index contributed by atoms with van der Waals surface area (Å²) in [7, 11) is 0. The Morgan fingerprint density at radius 1 is 0.900 bits per heavy atom. The molecule has 2 saturated heterocycles. The molecule has 0 radical (unpaired) electrons. The standard InChI is InChI=1S/C24H27N3O3/c28-20(9-6-17-4-2-1-3-5-17)26-13-10-25(11-14-26)12-15-27-23(29)21-18-7-8-19(16-18)22(21)24(27)30/h1-9,18-19,21-22H,10-16H2/b9-6+. The third-order valence-electron chi connectivity index (χ3n) is 7.10. The topological polar surface area (TPSA) is 60.9 Å². The van der Waals surface area contributed by atoms with Crippen molar-refractivity contribution in [3.63, 3.8) is 0 Å². The Balaban J connectivity index is 1.10. The van der Waals surface area contributed by atoms with Crippen molar-refractivity contribution in [3.8, 4) is 0 Å². The molecule has 2 bridgehead atoms. The van der Waals surface area contributed by atoms with Gasteiger partial charge in [0.15, 0.2) is 0 Å². The van der Waals surface area contributed by atoms with Gasteiger partial charge in [0.05, 0.1) is 11.8 Å². The highest BCUT2D eigenvalue weighted by molar-refractivity contribution is 6.06. The summed E-state index contributed by atoms with van der Waals surface area (Å²) in [5.41, 5.74) is 1.01. The van der Waals surface area contributed by atoms with Gasteiger partial charge >= 0.3 is 0 Å². The number of carbonyl (C=O) groups excluding carboxylic acids is 3. The molecular formula is C24H27N3O3. The third kappa shape index (κ3) is 3.39. The van der Waals surface area contributed by atoms with Gasteiger partial charge in [0.2, 0.25) is 17.7 Å². The quantitative estimate of drug-likeness (QED) is 0.425. The van der Waals surface area contributed by atoms with Crippen LogP contribution in [-0.4, -0.2) is 71.7 Å². The van der Waals surface area contributed by atoms with Crippen molar-refractivity contribution in [2.45, 2.75) is 6.42 Å². The van der Waals surface area contributed by atoms with E-state index in [1.807, 2.05) is 41.3 Å². The van der Waals surface area contributed by atoms with E-state index in [0.717, 1.165) is 25.1 Å². The molecule has 4 unspecified atom stereocenters. The average Bonchev–Trinajstić information content (AvgIpc) is 3.46. The van der Waals surface area contributed by atoms with E-state index in [1.54, 1.807) is 6.08 Å². The summed E-state index contributed by atoms with van der Waals surface area (Å²) < 4.78 is 0. The molecule has 30 heavy (non-hydrogen) atoms. The summed E-state index contributed by atoms with van der Waals surface area (Å²) in [5.74, 6) is 0.388. The third-order valence-corrected chi connectivity index (χ3v) is 7.10. The van der Waals surface area contributed by atoms with Crippen molar-refractivity contribution in [1.82, 2.24) is 14.7 Å². The number of benzene rings is 1. The number of carbonyl (C=O) groups is 3. The Kier molecular flexibility index (Phi) is 5.03. The van der Waals surface area contributed by atoms with Gasteiger partial charge in [-0.3, -0.25) is 24.2 Å². The first-order valence-electron chi connectivity index (χ1n) is 10.9. The highest BCUT2D eigenvalue weighted by Gasteiger charge is 2.59. The van der Waals surface area contributed by atoms with E-state index in [1.165, 1.54) is 4.90 Å². The van der Waals surface area contributed by atoms with Gasteiger partial charge < -0.3 is 4.90 Å². The van der Waals surface area contributed by atoms with Crippen LogP contribution in [0.25, 0.3) is 6.08 Å². The minimum absolute atomic E-state index is 0.0270. The minimum Gasteiger partial charge on any atom is -0.337 e. The molecule has 6 heteroatoms. The van der Waals surface area contributed by atoms with Gasteiger partial charge in [-0.05, 0) is 29.9 Å². The highest BCUT2D eigenvalue weighted by atomic mass is 16.2. The highest BCUT2D eigenvalue weighted by Crippen LogP contribution is 2.52. The zero-order valence-electron chi connectivity index (χ0n) is 17.0. The van der Waals surface area contributed by atoms with Gasteiger partial charge in [-0.2, -0.15) is 0 Å². The Hall–Kier alpha value is -2.73. The van der Waals surface area contributed by atoms with Crippen LogP contribution in [0.3, 0.4) is 0 Å². The molecule has 3 fully saturated rings. The maximum Gasteiger partial charge on any atom is 0.246 e. The molecule has 2 aliphatic carbocycles. The number of nitrogens with zero attached hydrogens (tertiary/aromatic N) is 3. The predicted molar refractivity (Wildman–Crippen MR) is 113 cm³/mol. The van der Waals surface area contributed by atoms with E-state index in [0.29, 0.717) is 26.2 Å². The number of allylic oxidation sites excluding steroid dienone is 2. The maximum atomic E-state index is 12.8. The first-order chi connectivity index (χ1) is 14.6. The lowest BCUT2D eigenvalue weighted by atomic mass is 9.85. The van der Waals surface area contributed by atoms with Crippen LogP contribution in [0, 0.1) is 23.7 Å². The number of imide groups is 1. The van der Waals surface area contributed by atoms with E-state index in [-0.39, 0.29) is 41.4 Å². The Bertz CT molecular complexity index is 872. The average molecular weight is 405 g/mol. The molecule has 1 aromatic carbocycles. The first kappa shape index (κ1) is 19.2. The second-order valence-corrected chi connectivity index (χ2v) is 8.74. The molecule has 4 atom stereocenters. The SMILES string of the molecule is O=C(/C=C/c1ccccc1)N1CCN(CCN2C(=O)C3C4C=CC(C4)C3C2=O)CC1. The van der Waals surface area contributed by atoms with Crippen molar-refractivity contribution >= 4 is 23.8 Å². The fraction of sp³-hybridized carbons (Fsp3) is 0.458. The van der Waals surface area contributed by atoms with Crippen LogP contribution < -0.4 is 0 Å². The normalized spacial score (nSPS) is 30.7.